The largest absolute Gasteiger partial charge is 0.493 e. The Morgan fingerprint density at radius 2 is 2.40 bits per heavy atom. The topological polar surface area (TPSA) is 73.3 Å². The van der Waals surface area contributed by atoms with Crippen LogP contribution in [0.15, 0.2) is 6.20 Å². The third-order valence-electron chi connectivity index (χ3n) is 2.97. The van der Waals surface area contributed by atoms with Gasteiger partial charge in [-0.1, -0.05) is 0 Å². The smallest absolute Gasteiger partial charge is 0.162 e. The van der Waals surface area contributed by atoms with Crippen molar-refractivity contribution >= 4 is 0 Å². The van der Waals surface area contributed by atoms with Crippen LogP contribution in [-0.4, -0.2) is 28.0 Å². The fourth-order valence-corrected chi connectivity index (χ4v) is 2.23. The summed E-state index contributed by atoms with van der Waals surface area (Å²) in [6, 6.07) is 0.0833. The molecule has 5 nitrogen and oxygen atoms in total. The second kappa shape index (κ2) is 3.50. The lowest BCUT2D eigenvalue weighted by Gasteiger charge is -2.42. The van der Waals surface area contributed by atoms with Crippen molar-refractivity contribution in [1.29, 1.82) is 0 Å². The third-order valence-corrected chi connectivity index (χ3v) is 2.97. The van der Waals surface area contributed by atoms with E-state index in [4.69, 9.17) is 10.5 Å². The SMILES string of the molecule is CCn1ncc(OC)c1C1(O)CC(N)C1. The fourth-order valence-electron chi connectivity index (χ4n) is 2.23. The molecule has 1 aromatic heterocycles. The molecule has 0 bridgehead atoms. The Kier molecular flexibility index (Phi) is 2.44. The summed E-state index contributed by atoms with van der Waals surface area (Å²) in [4.78, 5) is 0. The molecule has 2 rings (SSSR count). The molecular formula is C10H17N3O2. The van der Waals surface area contributed by atoms with Crippen molar-refractivity contribution in [2.45, 2.75) is 38.0 Å². The van der Waals surface area contributed by atoms with Crippen LogP contribution in [0.3, 0.4) is 0 Å². The predicted molar refractivity (Wildman–Crippen MR) is 55.6 cm³/mol. The van der Waals surface area contributed by atoms with E-state index in [1.807, 2.05) is 6.92 Å². The van der Waals surface area contributed by atoms with Crippen LogP contribution >= 0.6 is 0 Å². The highest BCUT2D eigenvalue weighted by Crippen LogP contribution is 2.44. The molecule has 0 spiro atoms. The summed E-state index contributed by atoms with van der Waals surface area (Å²) in [6.45, 7) is 2.70. The number of nitrogens with zero attached hydrogens (tertiary/aromatic N) is 2. The maximum Gasteiger partial charge on any atom is 0.162 e. The number of rotatable bonds is 3. The van der Waals surface area contributed by atoms with E-state index in [1.165, 1.54) is 0 Å². The zero-order valence-electron chi connectivity index (χ0n) is 9.10. The third kappa shape index (κ3) is 1.52. The Labute approximate surface area is 88.8 Å². The highest BCUT2D eigenvalue weighted by molar-refractivity contribution is 5.33. The van der Waals surface area contributed by atoms with E-state index >= 15 is 0 Å². The molecule has 0 unspecified atom stereocenters. The summed E-state index contributed by atoms with van der Waals surface area (Å²) in [5.41, 5.74) is 5.62. The molecule has 1 aromatic rings. The molecule has 5 heteroatoms. The van der Waals surface area contributed by atoms with Crippen molar-refractivity contribution in [2.24, 2.45) is 5.73 Å². The first-order valence-corrected chi connectivity index (χ1v) is 5.19. The van der Waals surface area contributed by atoms with Crippen molar-refractivity contribution in [2.75, 3.05) is 7.11 Å². The van der Waals surface area contributed by atoms with E-state index in [-0.39, 0.29) is 6.04 Å². The van der Waals surface area contributed by atoms with Crippen molar-refractivity contribution in [3.05, 3.63) is 11.9 Å². The van der Waals surface area contributed by atoms with Crippen molar-refractivity contribution in [3.63, 3.8) is 0 Å². The summed E-state index contributed by atoms with van der Waals surface area (Å²) in [5, 5.41) is 14.5. The van der Waals surface area contributed by atoms with Gasteiger partial charge >= 0.3 is 0 Å². The minimum Gasteiger partial charge on any atom is -0.493 e. The van der Waals surface area contributed by atoms with Gasteiger partial charge in [0.15, 0.2) is 5.75 Å². The first-order chi connectivity index (χ1) is 7.10. The Morgan fingerprint density at radius 3 is 2.87 bits per heavy atom. The van der Waals surface area contributed by atoms with Gasteiger partial charge in [0.1, 0.15) is 11.3 Å². The van der Waals surface area contributed by atoms with Crippen LogP contribution in [0.25, 0.3) is 0 Å². The molecule has 1 aliphatic rings. The number of nitrogens with two attached hydrogens (primary N) is 1. The minimum absolute atomic E-state index is 0.0833. The normalized spacial score (nSPS) is 30.0. The lowest BCUT2D eigenvalue weighted by molar-refractivity contribution is -0.0608. The highest BCUT2D eigenvalue weighted by atomic mass is 16.5. The lowest BCUT2D eigenvalue weighted by atomic mass is 9.73. The molecule has 0 aliphatic heterocycles. The Hall–Kier alpha value is -1.07. The van der Waals surface area contributed by atoms with Gasteiger partial charge in [0.05, 0.1) is 13.3 Å². The maximum absolute atomic E-state index is 10.3. The average molecular weight is 211 g/mol. The number of ether oxygens (including phenoxy) is 1. The zero-order chi connectivity index (χ0) is 11.1. The number of hydrogen-bond acceptors (Lipinski definition) is 4. The monoisotopic (exact) mass is 211 g/mol. The molecule has 1 fully saturated rings. The van der Waals surface area contributed by atoms with Crippen molar-refractivity contribution < 1.29 is 9.84 Å². The summed E-state index contributed by atoms with van der Waals surface area (Å²) < 4.78 is 6.97. The molecule has 0 aromatic carbocycles. The predicted octanol–water partition coefficient (Wildman–Crippen LogP) is 0.220. The molecule has 0 atom stereocenters. The van der Waals surface area contributed by atoms with Crippen molar-refractivity contribution in [1.82, 2.24) is 9.78 Å². The van der Waals surface area contributed by atoms with Gasteiger partial charge < -0.3 is 15.6 Å². The van der Waals surface area contributed by atoms with Gasteiger partial charge in [-0.25, -0.2) is 0 Å². The van der Waals surface area contributed by atoms with Gasteiger partial charge in [-0.3, -0.25) is 4.68 Å². The first-order valence-electron chi connectivity index (χ1n) is 5.19. The molecule has 15 heavy (non-hydrogen) atoms. The average Bonchev–Trinajstić information content (AvgIpc) is 2.58. The molecular weight excluding hydrogens is 194 g/mol. The van der Waals surface area contributed by atoms with Crippen LogP contribution in [0.2, 0.25) is 0 Å². The van der Waals surface area contributed by atoms with Crippen LogP contribution in [0, 0.1) is 0 Å². The number of aryl methyl sites for hydroxylation is 1. The number of methoxy groups -OCH3 is 1. The number of aromatic nitrogens is 2. The van der Waals surface area contributed by atoms with Gasteiger partial charge in [-0.15, -0.1) is 0 Å². The van der Waals surface area contributed by atoms with Gasteiger partial charge in [-0.2, -0.15) is 5.10 Å². The molecule has 1 saturated carbocycles. The number of aliphatic hydroxyl groups is 1. The molecule has 0 radical (unpaired) electrons. The van der Waals surface area contributed by atoms with Crippen LogP contribution in [-0.2, 0) is 12.1 Å². The van der Waals surface area contributed by atoms with E-state index in [9.17, 15) is 5.11 Å². The second-order valence-corrected chi connectivity index (χ2v) is 4.08. The van der Waals surface area contributed by atoms with Crippen molar-refractivity contribution in [3.8, 4) is 5.75 Å². The van der Waals surface area contributed by atoms with E-state index in [1.54, 1.807) is 18.0 Å². The van der Waals surface area contributed by atoms with E-state index in [0.29, 0.717) is 18.6 Å². The highest BCUT2D eigenvalue weighted by Gasteiger charge is 2.46. The molecule has 1 aliphatic carbocycles. The number of hydrogen-bond donors (Lipinski definition) is 2. The maximum atomic E-state index is 10.3. The van der Waals surface area contributed by atoms with Gasteiger partial charge in [-0.05, 0) is 19.8 Å². The van der Waals surface area contributed by atoms with E-state index in [0.717, 1.165) is 12.2 Å². The summed E-state index contributed by atoms with van der Waals surface area (Å²) in [7, 11) is 1.59. The Bertz CT molecular complexity index is 334. The van der Waals surface area contributed by atoms with Crippen LogP contribution in [0.1, 0.15) is 25.5 Å². The first kappa shape index (κ1) is 10.4. The summed E-state index contributed by atoms with van der Waals surface area (Å²) in [6.07, 6.45) is 2.80. The Balaban J connectivity index is 2.37. The Morgan fingerprint density at radius 1 is 1.73 bits per heavy atom. The van der Waals surface area contributed by atoms with Gasteiger partial charge in [0, 0.05) is 12.6 Å². The van der Waals surface area contributed by atoms with E-state index < -0.39 is 5.60 Å². The minimum atomic E-state index is -0.850. The molecule has 3 N–H and O–H groups in total. The quantitative estimate of drug-likeness (QED) is 0.750. The van der Waals surface area contributed by atoms with E-state index in [2.05, 4.69) is 5.10 Å². The van der Waals surface area contributed by atoms with Crippen LogP contribution < -0.4 is 10.5 Å². The molecule has 1 heterocycles. The molecule has 0 amide bonds. The van der Waals surface area contributed by atoms with Crippen LogP contribution in [0.5, 0.6) is 5.75 Å². The van der Waals surface area contributed by atoms with Crippen LogP contribution in [0.4, 0.5) is 0 Å². The lowest BCUT2D eigenvalue weighted by Crippen LogP contribution is -2.50. The molecule has 0 saturated heterocycles. The summed E-state index contributed by atoms with van der Waals surface area (Å²) in [5.74, 6) is 0.645. The zero-order valence-corrected chi connectivity index (χ0v) is 9.10. The molecule has 84 valence electrons. The van der Waals surface area contributed by atoms with Gasteiger partial charge in [0.2, 0.25) is 0 Å². The second-order valence-electron chi connectivity index (χ2n) is 4.08. The fraction of sp³-hybridized carbons (Fsp3) is 0.700. The standard InChI is InChI=1S/C10H17N3O2/c1-3-13-9(8(15-2)6-12-13)10(14)4-7(11)5-10/h6-7,14H,3-5,11H2,1-2H3. The van der Waals surface area contributed by atoms with Gasteiger partial charge in [0.25, 0.3) is 0 Å². The summed E-state index contributed by atoms with van der Waals surface area (Å²) >= 11 is 0.